The van der Waals surface area contributed by atoms with Gasteiger partial charge < -0.3 is 14.9 Å². The third kappa shape index (κ3) is 2.35. The van der Waals surface area contributed by atoms with Gasteiger partial charge in [-0.2, -0.15) is 0 Å². The summed E-state index contributed by atoms with van der Waals surface area (Å²) in [5.41, 5.74) is 3.75. The molecule has 0 spiro atoms. The fourth-order valence-corrected chi connectivity index (χ4v) is 2.38. The van der Waals surface area contributed by atoms with E-state index in [1.165, 1.54) is 16.8 Å². The molecule has 1 atom stereocenters. The van der Waals surface area contributed by atoms with E-state index in [2.05, 4.69) is 47.2 Å². The lowest BCUT2D eigenvalue weighted by atomic mass is 9.97. The second-order valence-corrected chi connectivity index (χ2v) is 4.80. The van der Waals surface area contributed by atoms with Gasteiger partial charge in [0.15, 0.2) is 0 Å². The topological polar surface area (TPSA) is 26.7 Å². The quantitative estimate of drug-likeness (QED) is 0.854. The minimum absolute atomic E-state index is 0.103. The first-order chi connectivity index (χ1) is 8.13. The smallest absolute Gasteiger partial charge is 0.0625 e. The van der Waals surface area contributed by atoms with Gasteiger partial charge in [0.1, 0.15) is 0 Å². The second kappa shape index (κ2) is 4.90. The van der Waals surface area contributed by atoms with Crippen LogP contribution in [0.15, 0.2) is 29.8 Å². The molecule has 1 aromatic rings. The van der Waals surface area contributed by atoms with E-state index in [-0.39, 0.29) is 12.6 Å². The molecule has 1 aromatic carbocycles. The van der Waals surface area contributed by atoms with Crippen molar-refractivity contribution in [3.05, 3.63) is 35.4 Å². The van der Waals surface area contributed by atoms with Gasteiger partial charge in [-0.25, -0.2) is 0 Å². The van der Waals surface area contributed by atoms with Crippen molar-refractivity contribution in [3.63, 3.8) is 0 Å². The Morgan fingerprint density at radius 2 is 2.06 bits per heavy atom. The van der Waals surface area contributed by atoms with Gasteiger partial charge in [0, 0.05) is 19.3 Å². The Balaban J connectivity index is 2.36. The summed E-state index contributed by atoms with van der Waals surface area (Å²) in [6.45, 7) is 1.04. The highest BCUT2D eigenvalue weighted by Crippen LogP contribution is 2.29. The number of anilines is 1. The summed E-state index contributed by atoms with van der Waals surface area (Å²) in [4.78, 5) is 4.30. The molecule has 0 aliphatic carbocycles. The molecule has 92 valence electrons. The highest BCUT2D eigenvalue weighted by atomic mass is 16.3. The predicted octanol–water partition coefficient (Wildman–Crippen LogP) is 1.44. The Morgan fingerprint density at radius 3 is 2.71 bits per heavy atom. The molecule has 1 aliphatic heterocycles. The standard InChI is InChI=1S/C14H20N2O/c1-15(2)14(10-17)12-8-11-6-4-5-7-13(11)16(3)9-12/h4-8,14,17H,9-10H2,1-3H3. The number of para-hydroxylation sites is 1. The van der Waals surface area contributed by atoms with Gasteiger partial charge in [-0.3, -0.25) is 0 Å². The fourth-order valence-electron chi connectivity index (χ4n) is 2.38. The molecule has 0 saturated heterocycles. The van der Waals surface area contributed by atoms with Crippen LogP contribution in [0.25, 0.3) is 6.08 Å². The highest BCUT2D eigenvalue weighted by molar-refractivity contribution is 5.73. The number of aliphatic hydroxyl groups is 1. The van der Waals surface area contributed by atoms with Crippen LogP contribution in [-0.4, -0.2) is 50.3 Å². The average Bonchev–Trinajstić information content (AvgIpc) is 2.29. The Kier molecular flexibility index (Phi) is 3.50. The summed E-state index contributed by atoms with van der Waals surface area (Å²) in [5.74, 6) is 0. The van der Waals surface area contributed by atoms with Crippen LogP contribution in [0.3, 0.4) is 0 Å². The van der Waals surface area contributed by atoms with Crippen LogP contribution in [0.2, 0.25) is 0 Å². The number of nitrogens with zero attached hydrogens (tertiary/aromatic N) is 2. The van der Waals surface area contributed by atoms with Gasteiger partial charge in [0.25, 0.3) is 0 Å². The molecular weight excluding hydrogens is 212 g/mol. The summed E-state index contributed by atoms with van der Waals surface area (Å²) < 4.78 is 0. The molecule has 1 aliphatic rings. The third-order valence-corrected chi connectivity index (χ3v) is 3.33. The van der Waals surface area contributed by atoms with E-state index < -0.39 is 0 Å². The lowest BCUT2D eigenvalue weighted by molar-refractivity contribution is 0.191. The van der Waals surface area contributed by atoms with E-state index in [0.29, 0.717) is 0 Å². The van der Waals surface area contributed by atoms with Crippen molar-refractivity contribution in [1.29, 1.82) is 0 Å². The van der Waals surface area contributed by atoms with Crippen molar-refractivity contribution < 1.29 is 5.11 Å². The summed E-state index contributed by atoms with van der Waals surface area (Å²) in [7, 11) is 6.10. The van der Waals surface area contributed by atoms with Crippen molar-refractivity contribution in [1.82, 2.24) is 4.90 Å². The van der Waals surface area contributed by atoms with Gasteiger partial charge in [-0.15, -0.1) is 0 Å². The highest BCUT2D eigenvalue weighted by Gasteiger charge is 2.21. The summed E-state index contributed by atoms with van der Waals surface area (Å²) in [6, 6.07) is 8.46. The van der Waals surface area contributed by atoms with E-state index in [1.807, 2.05) is 14.1 Å². The summed E-state index contributed by atoms with van der Waals surface area (Å²) >= 11 is 0. The number of rotatable bonds is 3. The first-order valence-electron chi connectivity index (χ1n) is 5.91. The van der Waals surface area contributed by atoms with Crippen LogP contribution < -0.4 is 4.90 Å². The Labute approximate surface area is 103 Å². The normalized spacial score (nSPS) is 16.8. The zero-order valence-electron chi connectivity index (χ0n) is 10.7. The molecule has 0 bridgehead atoms. The Morgan fingerprint density at radius 1 is 1.35 bits per heavy atom. The molecule has 1 unspecified atom stereocenters. The number of benzene rings is 1. The molecule has 17 heavy (non-hydrogen) atoms. The van der Waals surface area contributed by atoms with Crippen LogP contribution in [0.5, 0.6) is 0 Å². The Hall–Kier alpha value is -1.32. The maximum Gasteiger partial charge on any atom is 0.0625 e. The van der Waals surface area contributed by atoms with Crippen LogP contribution in [0.1, 0.15) is 5.56 Å². The van der Waals surface area contributed by atoms with Gasteiger partial charge in [-0.05, 0) is 31.3 Å². The molecular formula is C14H20N2O. The first kappa shape index (κ1) is 12.1. The minimum atomic E-state index is 0.103. The fraction of sp³-hybridized carbons (Fsp3) is 0.429. The molecule has 0 amide bonds. The Bertz CT molecular complexity index is 426. The van der Waals surface area contributed by atoms with Gasteiger partial charge >= 0.3 is 0 Å². The van der Waals surface area contributed by atoms with E-state index in [1.54, 1.807) is 0 Å². The number of fused-ring (bicyclic) bond motifs is 1. The molecule has 0 aromatic heterocycles. The third-order valence-electron chi connectivity index (χ3n) is 3.33. The minimum Gasteiger partial charge on any atom is -0.394 e. The summed E-state index contributed by atoms with van der Waals surface area (Å²) in [5, 5.41) is 9.48. The predicted molar refractivity (Wildman–Crippen MR) is 72.2 cm³/mol. The van der Waals surface area contributed by atoms with Crippen LogP contribution in [0, 0.1) is 0 Å². The second-order valence-electron chi connectivity index (χ2n) is 4.80. The first-order valence-corrected chi connectivity index (χ1v) is 5.91. The summed E-state index contributed by atoms with van der Waals surface area (Å²) in [6.07, 6.45) is 2.20. The molecule has 2 rings (SSSR count). The maximum atomic E-state index is 9.48. The van der Waals surface area contributed by atoms with Crippen molar-refractivity contribution >= 4 is 11.8 Å². The van der Waals surface area contributed by atoms with Crippen molar-refractivity contribution in [2.24, 2.45) is 0 Å². The van der Waals surface area contributed by atoms with Crippen LogP contribution >= 0.6 is 0 Å². The molecule has 1 N–H and O–H groups in total. The van der Waals surface area contributed by atoms with Crippen LogP contribution in [-0.2, 0) is 0 Å². The zero-order valence-corrected chi connectivity index (χ0v) is 10.7. The van der Waals surface area contributed by atoms with Crippen LogP contribution in [0.4, 0.5) is 5.69 Å². The number of likely N-dealkylation sites (N-methyl/N-ethyl adjacent to an activating group) is 2. The lowest BCUT2D eigenvalue weighted by Crippen LogP contribution is -2.38. The van der Waals surface area contributed by atoms with E-state index in [4.69, 9.17) is 0 Å². The van der Waals surface area contributed by atoms with Gasteiger partial charge in [-0.1, -0.05) is 24.3 Å². The number of hydrogen-bond acceptors (Lipinski definition) is 3. The van der Waals surface area contributed by atoms with Crippen molar-refractivity contribution in [3.8, 4) is 0 Å². The molecule has 0 saturated carbocycles. The molecule has 0 fully saturated rings. The van der Waals surface area contributed by atoms with E-state index in [9.17, 15) is 5.11 Å². The molecule has 3 heteroatoms. The average molecular weight is 232 g/mol. The SMILES string of the molecule is CN1CC(C(CO)N(C)C)=Cc2ccccc21. The largest absolute Gasteiger partial charge is 0.394 e. The van der Waals surface area contributed by atoms with E-state index >= 15 is 0 Å². The lowest BCUT2D eigenvalue weighted by Gasteiger charge is -2.33. The van der Waals surface area contributed by atoms with Crippen molar-refractivity contribution in [2.45, 2.75) is 6.04 Å². The molecule has 0 radical (unpaired) electrons. The number of aliphatic hydroxyl groups excluding tert-OH is 1. The van der Waals surface area contributed by atoms with E-state index in [0.717, 1.165) is 6.54 Å². The van der Waals surface area contributed by atoms with Gasteiger partial charge in [0.05, 0.1) is 12.6 Å². The zero-order chi connectivity index (χ0) is 12.4. The maximum absolute atomic E-state index is 9.48. The molecule has 1 heterocycles. The van der Waals surface area contributed by atoms with Crippen molar-refractivity contribution in [2.75, 3.05) is 39.2 Å². The van der Waals surface area contributed by atoms with Gasteiger partial charge in [0.2, 0.25) is 0 Å². The monoisotopic (exact) mass is 232 g/mol. The number of hydrogen-bond donors (Lipinski definition) is 1. The molecule has 3 nitrogen and oxygen atoms in total.